The van der Waals surface area contributed by atoms with Crippen LogP contribution in [0.15, 0.2) is 67.0 Å². The monoisotopic (exact) mass is 388 g/mol. The quantitative estimate of drug-likeness (QED) is 0.545. The zero-order valence-electron chi connectivity index (χ0n) is 16.8. The summed E-state index contributed by atoms with van der Waals surface area (Å²) in [4.78, 5) is 17.9. The molecular weight excluding hydrogens is 364 g/mol. The molecule has 1 N–H and O–H groups in total. The first-order chi connectivity index (χ1) is 14.1. The first-order valence-electron chi connectivity index (χ1n) is 9.63. The van der Waals surface area contributed by atoms with Crippen molar-refractivity contribution in [3.63, 3.8) is 0 Å². The number of para-hydroxylation sites is 2. The van der Waals surface area contributed by atoms with Gasteiger partial charge >= 0.3 is 0 Å². The van der Waals surface area contributed by atoms with E-state index in [1.54, 1.807) is 13.3 Å². The topological polar surface area (TPSA) is 61.1 Å². The van der Waals surface area contributed by atoms with Crippen molar-refractivity contribution in [1.29, 1.82) is 0 Å². The van der Waals surface area contributed by atoms with Gasteiger partial charge in [0.1, 0.15) is 23.3 Å². The van der Waals surface area contributed by atoms with Gasteiger partial charge in [0, 0.05) is 42.5 Å². The molecule has 0 fully saturated rings. The van der Waals surface area contributed by atoms with E-state index in [1.165, 1.54) is 0 Å². The SMILES string of the molecule is CCn1c(C(=O)NC(c2ccccc2OC)c2nccn2C)cc2ccccc21. The van der Waals surface area contributed by atoms with E-state index < -0.39 is 6.04 Å². The van der Waals surface area contributed by atoms with Crippen LogP contribution < -0.4 is 10.1 Å². The molecule has 6 nitrogen and oxygen atoms in total. The summed E-state index contributed by atoms with van der Waals surface area (Å²) < 4.78 is 9.49. The van der Waals surface area contributed by atoms with E-state index in [9.17, 15) is 4.79 Å². The number of benzene rings is 2. The van der Waals surface area contributed by atoms with Crippen LogP contribution in [0.25, 0.3) is 10.9 Å². The highest BCUT2D eigenvalue weighted by molar-refractivity contribution is 5.99. The van der Waals surface area contributed by atoms with Gasteiger partial charge in [-0.05, 0) is 25.1 Å². The van der Waals surface area contributed by atoms with Gasteiger partial charge < -0.3 is 19.2 Å². The van der Waals surface area contributed by atoms with E-state index in [2.05, 4.69) is 10.3 Å². The molecule has 2 aromatic carbocycles. The van der Waals surface area contributed by atoms with Gasteiger partial charge in [0.05, 0.1) is 7.11 Å². The van der Waals surface area contributed by atoms with Gasteiger partial charge in [0.2, 0.25) is 0 Å². The number of hydrogen-bond acceptors (Lipinski definition) is 3. The second kappa shape index (κ2) is 7.83. The molecule has 0 radical (unpaired) electrons. The molecule has 1 amide bonds. The molecule has 4 aromatic rings. The Bertz CT molecular complexity index is 1160. The molecule has 0 aliphatic rings. The minimum atomic E-state index is -0.443. The molecule has 29 heavy (non-hydrogen) atoms. The number of amides is 1. The Labute approximate surface area is 169 Å². The predicted octanol–water partition coefficient (Wildman–Crippen LogP) is 3.92. The van der Waals surface area contributed by atoms with Crippen LogP contribution in [0.4, 0.5) is 0 Å². The second-order valence-electron chi connectivity index (χ2n) is 6.88. The minimum absolute atomic E-state index is 0.151. The van der Waals surface area contributed by atoms with Gasteiger partial charge in [-0.2, -0.15) is 0 Å². The van der Waals surface area contributed by atoms with Crippen molar-refractivity contribution in [2.75, 3.05) is 7.11 Å². The zero-order valence-corrected chi connectivity index (χ0v) is 16.8. The summed E-state index contributed by atoms with van der Waals surface area (Å²) in [6, 6.07) is 17.2. The van der Waals surface area contributed by atoms with Crippen molar-refractivity contribution >= 4 is 16.8 Å². The number of carbonyl (C=O) groups excluding carboxylic acids is 1. The number of ether oxygens (including phenoxy) is 1. The van der Waals surface area contributed by atoms with Crippen molar-refractivity contribution < 1.29 is 9.53 Å². The maximum absolute atomic E-state index is 13.4. The summed E-state index contributed by atoms with van der Waals surface area (Å²) in [5, 5.41) is 4.23. The maximum atomic E-state index is 13.4. The van der Waals surface area contributed by atoms with Crippen LogP contribution in [-0.2, 0) is 13.6 Å². The summed E-state index contributed by atoms with van der Waals surface area (Å²) in [6.07, 6.45) is 3.60. The van der Waals surface area contributed by atoms with Crippen LogP contribution in [0.1, 0.15) is 34.8 Å². The number of hydrogen-bond donors (Lipinski definition) is 1. The molecule has 148 valence electrons. The van der Waals surface area contributed by atoms with Gasteiger partial charge in [-0.1, -0.05) is 36.4 Å². The number of nitrogens with one attached hydrogen (secondary N) is 1. The van der Waals surface area contributed by atoms with E-state index in [4.69, 9.17) is 4.74 Å². The lowest BCUT2D eigenvalue weighted by Crippen LogP contribution is -2.32. The predicted molar refractivity (Wildman–Crippen MR) is 113 cm³/mol. The van der Waals surface area contributed by atoms with E-state index in [0.29, 0.717) is 18.0 Å². The molecule has 0 spiro atoms. The third-order valence-corrected chi connectivity index (χ3v) is 5.20. The van der Waals surface area contributed by atoms with Crippen molar-refractivity contribution in [3.05, 3.63) is 84.1 Å². The van der Waals surface area contributed by atoms with E-state index in [1.807, 2.05) is 83.9 Å². The lowest BCUT2D eigenvalue weighted by molar-refractivity contribution is 0.0932. The molecule has 4 rings (SSSR count). The van der Waals surface area contributed by atoms with Crippen LogP contribution in [0, 0.1) is 0 Å². The average Bonchev–Trinajstić information content (AvgIpc) is 3.35. The zero-order chi connectivity index (χ0) is 20.4. The van der Waals surface area contributed by atoms with Crippen LogP contribution in [-0.4, -0.2) is 27.1 Å². The number of imidazole rings is 1. The van der Waals surface area contributed by atoms with E-state index >= 15 is 0 Å². The number of fused-ring (bicyclic) bond motifs is 1. The van der Waals surface area contributed by atoms with Crippen molar-refractivity contribution in [3.8, 4) is 5.75 Å². The second-order valence-corrected chi connectivity index (χ2v) is 6.88. The fraction of sp³-hybridized carbons (Fsp3) is 0.217. The van der Waals surface area contributed by atoms with Gasteiger partial charge in [-0.15, -0.1) is 0 Å². The molecule has 1 unspecified atom stereocenters. The average molecular weight is 388 g/mol. The first kappa shape index (κ1) is 18.8. The fourth-order valence-electron chi connectivity index (χ4n) is 3.79. The smallest absolute Gasteiger partial charge is 0.268 e. The third kappa shape index (κ3) is 3.38. The Morgan fingerprint density at radius 2 is 1.93 bits per heavy atom. The van der Waals surface area contributed by atoms with Crippen LogP contribution >= 0.6 is 0 Å². The molecule has 0 aliphatic heterocycles. The number of aryl methyl sites for hydroxylation is 2. The summed E-state index contributed by atoms with van der Waals surface area (Å²) in [6.45, 7) is 2.75. The van der Waals surface area contributed by atoms with E-state index in [0.717, 1.165) is 22.3 Å². The van der Waals surface area contributed by atoms with Crippen LogP contribution in [0.2, 0.25) is 0 Å². The molecule has 0 aliphatic carbocycles. The Morgan fingerprint density at radius 3 is 2.66 bits per heavy atom. The Hall–Kier alpha value is -3.54. The maximum Gasteiger partial charge on any atom is 0.268 e. The van der Waals surface area contributed by atoms with Gasteiger partial charge in [-0.25, -0.2) is 4.98 Å². The largest absolute Gasteiger partial charge is 0.496 e. The molecule has 1 atom stereocenters. The van der Waals surface area contributed by atoms with Crippen molar-refractivity contribution in [2.24, 2.45) is 7.05 Å². The first-order valence-corrected chi connectivity index (χ1v) is 9.63. The molecule has 0 saturated heterocycles. The number of nitrogens with zero attached hydrogens (tertiary/aromatic N) is 3. The van der Waals surface area contributed by atoms with Gasteiger partial charge in [0.15, 0.2) is 0 Å². The van der Waals surface area contributed by atoms with Gasteiger partial charge in [0.25, 0.3) is 5.91 Å². The Morgan fingerprint density at radius 1 is 1.17 bits per heavy atom. The number of carbonyl (C=O) groups is 1. The minimum Gasteiger partial charge on any atom is -0.496 e. The molecule has 0 saturated carbocycles. The van der Waals surface area contributed by atoms with Crippen LogP contribution in [0.3, 0.4) is 0 Å². The highest BCUT2D eigenvalue weighted by Crippen LogP contribution is 2.30. The fourth-order valence-corrected chi connectivity index (χ4v) is 3.79. The third-order valence-electron chi connectivity index (χ3n) is 5.20. The van der Waals surface area contributed by atoms with Crippen molar-refractivity contribution in [1.82, 2.24) is 19.4 Å². The summed E-state index contributed by atoms with van der Waals surface area (Å²) >= 11 is 0. The number of methoxy groups -OCH3 is 1. The highest BCUT2D eigenvalue weighted by atomic mass is 16.5. The van der Waals surface area contributed by atoms with E-state index in [-0.39, 0.29) is 5.91 Å². The summed E-state index contributed by atoms with van der Waals surface area (Å²) in [5.74, 6) is 1.29. The normalized spacial score (nSPS) is 12.1. The van der Waals surface area contributed by atoms with Crippen LogP contribution in [0.5, 0.6) is 5.75 Å². The molecular formula is C23H24N4O2. The summed E-state index contributed by atoms with van der Waals surface area (Å²) in [7, 11) is 3.55. The number of aromatic nitrogens is 3. The van der Waals surface area contributed by atoms with Crippen molar-refractivity contribution in [2.45, 2.75) is 19.5 Å². The Kier molecular flexibility index (Phi) is 5.08. The Balaban J connectivity index is 1.78. The molecule has 6 heteroatoms. The highest BCUT2D eigenvalue weighted by Gasteiger charge is 2.26. The standard InChI is InChI=1S/C23H24N4O2/c1-4-27-18-11-7-5-9-16(18)15-19(27)23(28)25-21(22-24-13-14-26(22)2)17-10-6-8-12-20(17)29-3/h5-15,21H,4H2,1-3H3,(H,25,28). The molecule has 2 heterocycles. The summed E-state index contributed by atoms with van der Waals surface area (Å²) in [5.41, 5.74) is 2.53. The molecule has 2 aromatic heterocycles. The van der Waals surface area contributed by atoms with Gasteiger partial charge in [-0.3, -0.25) is 4.79 Å². The lowest BCUT2D eigenvalue weighted by atomic mass is 10.0. The number of rotatable bonds is 6. The molecule has 0 bridgehead atoms. The lowest BCUT2D eigenvalue weighted by Gasteiger charge is -2.21.